The summed E-state index contributed by atoms with van der Waals surface area (Å²) >= 11 is 0. The van der Waals surface area contributed by atoms with E-state index >= 15 is 0 Å². The molecule has 0 unspecified atom stereocenters. The third-order valence-corrected chi connectivity index (χ3v) is 1.97. The minimum absolute atomic E-state index is 1.02. The zero-order valence-electron chi connectivity index (χ0n) is 8.33. The zero-order valence-corrected chi connectivity index (χ0v) is 8.33. The molecule has 13 heavy (non-hydrogen) atoms. The molecule has 68 valence electrons. The topological polar surface area (TPSA) is 0 Å². The van der Waals surface area contributed by atoms with E-state index in [1.54, 1.807) is 0 Å². The average Bonchev–Trinajstić information content (AvgIpc) is 2.17. The summed E-state index contributed by atoms with van der Waals surface area (Å²) in [5.74, 6) is 0. The number of rotatable bonds is 3. The van der Waals surface area contributed by atoms with Gasteiger partial charge >= 0.3 is 0 Å². The number of hydrogen-bond acceptors (Lipinski definition) is 0. The molecule has 0 aliphatic rings. The maximum Gasteiger partial charge on any atom is -0.00916 e. The van der Waals surface area contributed by atoms with Crippen LogP contribution in [0.4, 0.5) is 0 Å². The molecule has 0 fully saturated rings. The van der Waals surface area contributed by atoms with Gasteiger partial charge in [-0.1, -0.05) is 48.6 Å². The fraction of sp³-hybridized carbons (Fsp3) is 0.231. The highest BCUT2D eigenvalue weighted by molar-refractivity contribution is 5.53. The molecule has 0 radical (unpaired) electrons. The summed E-state index contributed by atoms with van der Waals surface area (Å²) in [5.41, 5.74) is 2.71. The number of benzene rings is 1. The van der Waals surface area contributed by atoms with Gasteiger partial charge in [0.25, 0.3) is 0 Å². The molecular weight excluding hydrogens is 156 g/mol. The lowest BCUT2D eigenvalue weighted by Gasteiger charge is -2.01. The van der Waals surface area contributed by atoms with Gasteiger partial charge in [0.15, 0.2) is 0 Å². The van der Waals surface area contributed by atoms with E-state index in [0.29, 0.717) is 0 Å². The summed E-state index contributed by atoms with van der Waals surface area (Å²) < 4.78 is 0. The lowest BCUT2D eigenvalue weighted by molar-refractivity contribution is 1.25. The van der Waals surface area contributed by atoms with E-state index in [1.165, 1.54) is 11.1 Å². The van der Waals surface area contributed by atoms with Gasteiger partial charge in [-0.25, -0.2) is 0 Å². The van der Waals surface area contributed by atoms with E-state index < -0.39 is 0 Å². The second kappa shape index (κ2) is 5.36. The van der Waals surface area contributed by atoms with Crippen molar-refractivity contribution in [2.24, 2.45) is 0 Å². The second-order valence-corrected chi connectivity index (χ2v) is 2.97. The predicted molar refractivity (Wildman–Crippen MR) is 59.7 cm³/mol. The quantitative estimate of drug-likeness (QED) is 0.608. The molecule has 0 saturated carbocycles. The molecule has 0 amide bonds. The minimum Gasteiger partial charge on any atom is -0.0913 e. The Labute approximate surface area is 80.6 Å². The van der Waals surface area contributed by atoms with Crippen LogP contribution in [0.3, 0.4) is 0 Å². The van der Waals surface area contributed by atoms with Gasteiger partial charge in [-0.05, 0) is 31.4 Å². The Morgan fingerprint density at radius 1 is 1.08 bits per heavy atom. The molecule has 0 heterocycles. The van der Waals surface area contributed by atoms with Crippen LogP contribution in [-0.2, 0) is 6.42 Å². The minimum atomic E-state index is 1.02. The van der Waals surface area contributed by atoms with Gasteiger partial charge in [0.05, 0.1) is 0 Å². The van der Waals surface area contributed by atoms with E-state index in [0.717, 1.165) is 6.42 Å². The molecular formula is C13H16. The van der Waals surface area contributed by atoms with Gasteiger partial charge < -0.3 is 0 Å². The Kier molecular flexibility index (Phi) is 4.04. The fourth-order valence-corrected chi connectivity index (χ4v) is 1.31. The molecule has 1 aromatic carbocycles. The van der Waals surface area contributed by atoms with Gasteiger partial charge in [0.1, 0.15) is 0 Å². The third-order valence-electron chi connectivity index (χ3n) is 1.97. The molecule has 0 aliphatic carbocycles. The summed E-state index contributed by atoms with van der Waals surface area (Å²) in [6.45, 7) is 4.10. The Balaban J connectivity index is 2.90. The molecule has 1 rings (SSSR count). The van der Waals surface area contributed by atoms with E-state index in [-0.39, 0.29) is 0 Å². The lowest BCUT2D eigenvalue weighted by atomic mass is 10.0. The van der Waals surface area contributed by atoms with Crippen molar-refractivity contribution in [3.63, 3.8) is 0 Å². The van der Waals surface area contributed by atoms with E-state index in [4.69, 9.17) is 0 Å². The zero-order chi connectivity index (χ0) is 9.52. The summed E-state index contributed by atoms with van der Waals surface area (Å²) in [6, 6.07) is 8.49. The molecule has 1 aromatic rings. The van der Waals surface area contributed by atoms with Crippen LogP contribution in [0.5, 0.6) is 0 Å². The molecule has 0 heteroatoms. The lowest BCUT2D eigenvalue weighted by Crippen LogP contribution is -1.85. The molecule has 0 aromatic heterocycles. The predicted octanol–water partition coefficient (Wildman–Crippen LogP) is 3.84. The molecule has 0 saturated heterocycles. The maximum absolute atomic E-state index is 2.18. The van der Waals surface area contributed by atoms with Crippen LogP contribution >= 0.6 is 0 Å². The van der Waals surface area contributed by atoms with E-state index in [9.17, 15) is 0 Å². The standard InChI is InChI=1S/C13H16/c1-3-5-9-13-11-7-6-10-12(13)8-4-2/h3-8,10-11H,9H2,1-2H3/b5-3-,8-4-. The molecule has 0 spiro atoms. The second-order valence-electron chi connectivity index (χ2n) is 2.97. The Morgan fingerprint density at radius 3 is 2.54 bits per heavy atom. The van der Waals surface area contributed by atoms with Crippen LogP contribution in [-0.4, -0.2) is 0 Å². The Morgan fingerprint density at radius 2 is 1.85 bits per heavy atom. The van der Waals surface area contributed by atoms with Crippen molar-refractivity contribution in [2.45, 2.75) is 20.3 Å². The van der Waals surface area contributed by atoms with Crippen LogP contribution in [0, 0.1) is 0 Å². The van der Waals surface area contributed by atoms with Gasteiger partial charge in [-0.3, -0.25) is 0 Å². The number of hydrogen-bond donors (Lipinski definition) is 0. The van der Waals surface area contributed by atoms with Crippen molar-refractivity contribution in [1.29, 1.82) is 0 Å². The highest BCUT2D eigenvalue weighted by Gasteiger charge is 1.94. The van der Waals surface area contributed by atoms with Crippen LogP contribution in [0.2, 0.25) is 0 Å². The van der Waals surface area contributed by atoms with Crippen molar-refractivity contribution < 1.29 is 0 Å². The normalized spacial score (nSPS) is 11.5. The summed E-state index contributed by atoms with van der Waals surface area (Å²) in [5, 5.41) is 0. The van der Waals surface area contributed by atoms with E-state index in [2.05, 4.69) is 55.5 Å². The van der Waals surface area contributed by atoms with Crippen LogP contribution in [0.25, 0.3) is 6.08 Å². The first kappa shape index (κ1) is 9.79. The monoisotopic (exact) mass is 172 g/mol. The van der Waals surface area contributed by atoms with Gasteiger partial charge in [0, 0.05) is 0 Å². The molecule has 0 bridgehead atoms. The Hall–Kier alpha value is -1.30. The largest absolute Gasteiger partial charge is 0.0913 e. The first-order valence-electron chi connectivity index (χ1n) is 4.70. The summed E-state index contributed by atoms with van der Waals surface area (Å²) in [7, 11) is 0. The maximum atomic E-state index is 2.18. The highest BCUT2D eigenvalue weighted by Crippen LogP contribution is 2.11. The van der Waals surface area contributed by atoms with Crippen molar-refractivity contribution in [3.05, 3.63) is 53.6 Å². The van der Waals surface area contributed by atoms with E-state index in [1.807, 2.05) is 6.92 Å². The fourth-order valence-electron chi connectivity index (χ4n) is 1.31. The van der Waals surface area contributed by atoms with Crippen molar-refractivity contribution in [2.75, 3.05) is 0 Å². The third kappa shape index (κ3) is 2.90. The van der Waals surface area contributed by atoms with Gasteiger partial charge in [-0.2, -0.15) is 0 Å². The van der Waals surface area contributed by atoms with Crippen molar-refractivity contribution in [1.82, 2.24) is 0 Å². The average molecular weight is 172 g/mol. The molecule has 0 aliphatic heterocycles. The van der Waals surface area contributed by atoms with Crippen LogP contribution < -0.4 is 0 Å². The molecule has 0 nitrogen and oxygen atoms in total. The van der Waals surface area contributed by atoms with Crippen molar-refractivity contribution >= 4 is 6.08 Å². The smallest absolute Gasteiger partial charge is 0.00916 e. The first-order valence-corrected chi connectivity index (χ1v) is 4.70. The highest BCUT2D eigenvalue weighted by atomic mass is 14.0. The van der Waals surface area contributed by atoms with Gasteiger partial charge in [-0.15, -0.1) is 0 Å². The molecule has 0 atom stereocenters. The SMILES string of the molecule is C/C=C\Cc1ccccc1/C=C\C. The Bertz CT molecular complexity index is 306. The number of allylic oxidation sites excluding steroid dienone is 3. The first-order chi connectivity index (χ1) is 6.38. The van der Waals surface area contributed by atoms with Crippen LogP contribution in [0.1, 0.15) is 25.0 Å². The summed E-state index contributed by atoms with van der Waals surface area (Å²) in [6.07, 6.45) is 9.53. The van der Waals surface area contributed by atoms with Gasteiger partial charge in [0.2, 0.25) is 0 Å². The van der Waals surface area contributed by atoms with Crippen molar-refractivity contribution in [3.8, 4) is 0 Å². The van der Waals surface area contributed by atoms with Crippen LogP contribution in [0.15, 0.2) is 42.5 Å². The summed E-state index contributed by atoms with van der Waals surface area (Å²) in [4.78, 5) is 0. The molecule has 0 N–H and O–H groups in total.